The SMILES string of the molecule is COC(CN)CC(=O)N(CC1CCC1)c1ccccc1.Cl. The van der Waals surface area contributed by atoms with Crippen LogP contribution in [0.2, 0.25) is 0 Å². The normalized spacial score (nSPS) is 15.7. The lowest BCUT2D eigenvalue weighted by Crippen LogP contribution is -2.40. The standard InChI is InChI=1S/C16H24N2O2.ClH/c1-20-15(11-17)10-16(19)18(12-13-6-5-7-13)14-8-3-2-4-9-14;/h2-4,8-9,13,15H,5-7,10-12,17H2,1H3;1H. The van der Waals surface area contributed by atoms with Gasteiger partial charge in [-0.2, -0.15) is 0 Å². The minimum absolute atomic E-state index is 0. The van der Waals surface area contributed by atoms with Crippen molar-refractivity contribution in [2.45, 2.75) is 31.8 Å². The van der Waals surface area contributed by atoms with Gasteiger partial charge in [-0.25, -0.2) is 0 Å². The fourth-order valence-electron chi connectivity index (χ4n) is 2.46. The highest BCUT2D eigenvalue weighted by Gasteiger charge is 2.26. The van der Waals surface area contributed by atoms with Crippen LogP contribution in [0, 0.1) is 5.92 Å². The summed E-state index contributed by atoms with van der Waals surface area (Å²) in [5.74, 6) is 0.735. The van der Waals surface area contributed by atoms with Crippen molar-refractivity contribution >= 4 is 24.0 Å². The van der Waals surface area contributed by atoms with E-state index in [9.17, 15) is 4.79 Å². The van der Waals surface area contributed by atoms with Crippen LogP contribution in [0.3, 0.4) is 0 Å². The molecule has 118 valence electrons. The molecule has 0 saturated heterocycles. The number of anilines is 1. The topological polar surface area (TPSA) is 55.6 Å². The van der Waals surface area contributed by atoms with E-state index in [0.29, 0.717) is 18.9 Å². The summed E-state index contributed by atoms with van der Waals surface area (Å²) in [6.07, 6.45) is 3.87. The van der Waals surface area contributed by atoms with Crippen LogP contribution in [0.1, 0.15) is 25.7 Å². The van der Waals surface area contributed by atoms with Gasteiger partial charge in [0.2, 0.25) is 5.91 Å². The quantitative estimate of drug-likeness (QED) is 0.842. The molecule has 1 aromatic carbocycles. The fourth-order valence-corrected chi connectivity index (χ4v) is 2.46. The third-order valence-corrected chi connectivity index (χ3v) is 4.03. The van der Waals surface area contributed by atoms with E-state index in [0.717, 1.165) is 12.2 Å². The first kappa shape index (κ1) is 18.0. The van der Waals surface area contributed by atoms with E-state index in [-0.39, 0.29) is 24.4 Å². The average Bonchev–Trinajstić information content (AvgIpc) is 2.44. The van der Waals surface area contributed by atoms with Crippen molar-refractivity contribution in [3.05, 3.63) is 30.3 Å². The number of nitrogens with zero attached hydrogens (tertiary/aromatic N) is 1. The second-order valence-corrected chi connectivity index (χ2v) is 5.43. The number of rotatable bonds is 7. The van der Waals surface area contributed by atoms with Crippen molar-refractivity contribution in [3.8, 4) is 0 Å². The van der Waals surface area contributed by atoms with Crippen molar-refractivity contribution in [1.82, 2.24) is 0 Å². The number of nitrogens with two attached hydrogens (primary N) is 1. The van der Waals surface area contributed by atoms with Crippen LogP contribution in [0.5, 0.6) is 0 Å². The molecule has 5 heteroatoms. The Hall–Kier alpha value is -1.10. The van der Waals surface area contributed by atoms with Gasteiger partial charge in [0.1, 0.15) is 0 Å². The third kappa shape index (κ3) is 4.99. The van der Waals surface area contributed by atoms with Crippen LogP contribution in [-0.4, -0.2) is 32.2 Å². The van der Waals surface area contributed by atoms with Crippen molar-refractivity contribution in [1.29, 1.82) is 0 Å². The summed E-state index contributed by atoms with van der Waals surface area (Å²) in [6, 6.07) is 9.87. The highest BCUT2D eigenvalue weighted by atomic mass is 35.5. The molecule has 0 radical (unpaired) electrons. The molecule has 0 aromatic heterocycles. The predicted octanol–water partition coefficient (Wildman–Crippen LogP) is 2.61. The van der Waals surface area contributed by atoms with Gasteiger partial charge in [0, 0.05) is 25.9 Å². The summed E-state index contributed by atoms with van der Waals surface area (Å²) in [5, 5.41) is 0. The van der Waals surface area contributed by atoms with Crippen LogP contribution in [0.25, 0.3) is 0 Å². The Kier molecular flexibility index (Phi) is 7.72. The van der Waals surface area contributed by atoms with Crippen LogP contribution >= 0.6 is 12.4 Å². The van der Waals surface area contributed by atoms with E-state index in [4.69, 9.17) is 10.5 Å². The van der Waals surface area contributed by atoms with Gasteiger partial charge in [-0.1, -0.05) is 24.6 Å². The van der Waals surface area contributed by atoms with Crippen molar-refractivity contribution < 1.29 is 9.53 Å². The lowest BCUT2D eigenvalue weighted by molar-refractivity contribution is -0.121. The number of hydrogen-bond donors (Lipinski definition) is 1. The first-order chi connectivity index (χ1) is 9.74. The highest BCUT2D eigenvalue weighted by molar-refractivity contribution is 5.93. The van der Waals surface area contributed by atoms with Gasteiger partial charge >= 0.3 is 0 Å². The number of carbonyl (C=O) groups excluding carboxylic acids is 1. The number of hydrogen-bond acceptors (Lipinski definition) is 3. The van der Waals surface area contributed by atoms with Gasteiger partial charge < -0.3 is 15.4 Å². The van der Waals surface area contributed by atoms with Gasteiger partial charge in [-0.05, 0) is 30.9 Å². The Labute approximate surface area is 133 Å². The number of benzene rings is 1. The summed E-state index contributed by atoms with van der Waals surface area (Å²) in [5.41, 5.74) is 6.58. The Morgan fingerprint density at radius 3 is 2.52 bits per heavy atom. The Bertz CT molecular complexity index is 420. The molecule has 1 unspecified atom stereocenters. The van der Waals surface area contributed by atoms with Gasteiger partial charge in [0.25, 0.3) is 0 Å². The van der Waals surface area contributed by atoms with Crippen LogP contribution in [0.15, 0.2) is 30.3 Å². The molecule has 0 bridgehead atoms. The smallest absolute Gasteiger partial charge is 0.229 e. The second kappa shape index (κ2) is 9.03. The van der Waals surface area contributed by atoms with E-state index in [2.05, 4.69) is 0 Å². The number of ether oxygens (including phenoxy) is 1. The van der Waals surface area contributed by atoms with Gasteiger partial charge in [0.05, 0.1) is 12.5 Å². The zero-order valence-electron chi connectivity index (χ0n) is 12.5. The lowest BCUT2D eigenvalue weighted by atomic mass is 9.85. The number of halogens is 1. The minimum atomic E-state index is -0.199. The van der Waals surface area contributed by atoms with E-state index < -0.39 is 0 Å². The first-order valence-corrected chi connectivity index (χ1v) is 7.33. The Morgan fingerprint density at radius 2 is 2.05 bits per heavy atom. The summed E-state index contributed by atoms with van der Waals surface area (Å²) in [7, 11) is 1.60. The van der Waals surface area contributed by atoms with Crippen LogP contribution in [-0.2, 0) is 9.53 Å². The molecule has 0 aliphatic heterocycles. The maximum absolute atomic E-state index is 12.5. The summed E-state index contributed by atoms with van der Waals surface area (Å²) < 4.78 is 5.23. The number of methoxy groups -OCH3 is 1. The van der Waals surface area contributed by atoms with Gasteiger partial charge in [-0.3, -0.25) is 4.79 Å². The van der Waals surface area contributed by atoms with E-state index >= 15 is 0 Å². The largest absolute Gasteiger partial charge is 0.380 e. The highest BCUT2D eigenvalue weighted by Crippen LogP contribution is 2.29. The molecule has 21 heavy (non-hydrogen) atoms. The molecule has 1 saturated carbocycles. The van der Waals surface area contributed by atoms with E-state index in [1.165, 1.54) is 19.3 Å². The molecule has 1 fully saturated rings. The molecule has 0 heterocycles. The van der Waals surface area contributed by atoms with Gasteiger partial charge in [-0.15, -0.1) is 12.4 Å². The number of para-hydroxylation sites is 1. The minimum Gasteiger partial charge on any atom is -0.380 e. The van der Waals surface area contributed by atoms with Crippen molar-refractivity contribution in [2.75, 3.05) is 25.1 Å². The maximum Gasteiger partial charge on any atom is 0.229 e. The zero-order valence-corrected chi connectivity index (χ0v) is 13.3. The van der Waals surface area contributed by atoms with Crippen molar-refractivity contribution in [2.24, 2.45) is 11.7 Å². The third-order valence-electron chi connectivity index (χ3n) is 4.03. The van der Waals surface area contributed by atoms with Crippen LogP contribution in [0.4, 0.5) is 5.69 Å². The molecule has 4 nitrogen and oxygen atoms in total. The van der Waals surface area contributed by atoms with E-state index in [1.54, 1.807) is 7.11 Å². The lowest BCUT2D eigenvalue weighted by Gasteiger charge is -2.33. The van der Waals surface area contributed by atoms with E-state index in [1.807, 2.05) is 35.2 Å². The Morgan fingerprint density at radius 1 is 1.38 bits per heavy atom. The molecule has 1 aliphatic carbocycles. The molecule has 1 atom stereocenters. The van der Waals surface area contributed by atoms with Crippen molar-refractivity contribution in [3.63, 3.8) is 0 Å². The summed E-state index contributed by atoms with van der Waals surface area (Å²) in [6.45, 7) is 1.18. The maximum atomic E-state index is 12.5. The molecular weight excluding hydrogens is 288 g/mol. The molecule has 0 spiro atoms. The monoisotopic (exact) mass is 312 g/mol. The number of amides is 1. The zero-order chi connectivity index (χ0) is 14.4. The number of carbonyl (C=O) groups is 1. The molecular formula is C16H25ClN2O2. The summed E-state index contributed by atoms with van der Waals surface area (Å²) >= 11 is 0. The summed E-state index contributed by atoms with van der Waals surface area (Å²) in [4.78, 5) is 14.4. The van der Waals surface area contributed by atoms with Gasteiger partial charge in [0.15, 0.2) is 0 Å². The second-order valence-electron chi connectivity index (χ2n) is 5.43. The predicted molar refractivity (Wildman–Crippen MR) is 87.9 cm³/mol. The first-order valence-electron chi connectivity index (χ1n) is 7.33. The molecule has 2 N–H and O–H groups in total. The molecule has 1 amide bonds. The molecule has 1 aliphatic rings. The Balaban J connectivity index is 0.00000220. The fraction of sp³-hybridized carbons (Fsp3) is 0.562. The average molecular weight is 313 g/mol. The molecule has 2 rings (SSSR count). The van der Waals surface area contributed by atoms with Crippen LogP contribution < -0.4 is 10.6 Å². The molecule has 1 aromatic rings.